The molecule has 3 rings (SSSR count). The van der Waals surface area contributed by atoms with Crippen LogP contribution in [-0.4, -0.2) is 56.8 Å². The Morgan fingerprint density at radius 2 is 1.79 bits per heavy atom. The summed E-state index contributed by atoms with van der Waals surface area (Å²) in [6, 6.07) is 9.20. The summed E-state index contributed by atoms with van der Waals surface area (Å²) in [7, 11) is -5.36. The Labute approximate surface area is 163 Å². The lowest BCUT2D eigenvalue weighted by molar-refractivity contribution is -0.306. The zero-order chi connectivity index (χ0) is 20.7. The van der Waals surface area contributed by atoms with E-state index in [1.165, 1.54) is 12.1 Å². The van der Waals surface area contributed by atoms with Gasteiger partial charge in [0.1, 0.15) is 18.0 Å². The second-order valence-corrected chi connectivity index (χ2v) is 8.17. The Balaban J connectivity index is 2.15. The van der Waals surface area contributed by atoms with Crippen molar-refractivity contribution in [3.05, 3.63) is 60.2 Å². The maximum absolute atomic E-state index is 13.2. The predicted molar refractivity (Wildman–Crippen MR) is 92.2 cm³/mol. The first kappa shape index (κ1) is 20.9. The molecule has 9 nitrogen and oxygen atoms in total. The summed E-state index contributed by atoms with van der Waals surface area (Å²) in [5.41, 5.74) is -0.531. The van der Waals surface area contributed by atoms with Gasteiger partial charge in [-0.1, -0.05) is 29.8 Å². The summed E-state index contributed by atoms with van der Waals surface area (Å²) in [4.78, 5) is 0.191. The fraction of sp³-hybridized carbons (Fsp3) is 0.312. The molecule has 1 fully saturated rings. The molecule has 5 atom stereocenters. The third-order valence-electron chi connectivity index (χ3n) is 4.22. The van der Waals surface area contributed by atoms with Gasteiger partial charge in [0.2, 0.25) is 17.3 Å². The first-order valence-electron chi connectivity index (χ1n) is 7.76. The summed E-state index contributed by atoms with van der Waals surface area (Å²) in [6.45, 7) is 0. The quantitative estimate of drug-likeness (QED) is 0.303. The van der Waals surface area contributed by atoms with Gasteiger partial charge in [-0.05, 0) is 24.3 Å². The van der Waals surface area contributed by atoms with E-state index in [0.29, 0.717) is 6.20 Å². The standard InChI is InChI=1S/C16H15ClFNO8S/c17-15(22)12(20)13(21)16(28(23,24)25,9-6-7-11(18)19-8-9)27-14(15)26-10-4-2-1-3-5-10/h1-8,12-14,20-22H,(H,23,24,25)/t12-,13-,14+,15+,16?/m0/s1. The van der Waals surface area contributed by atoms with Crippen LogP contribution in [0.15, 0.2) is 48.7 Å². The van der Waals surface area contributed by atoms with Crippen molar-refractivity contribution in [1.29, 1.82) is 0 Å². The fourth-order valence-corrected chi connectivity index (χ4v) is 4.06. The average molecular weight is 436 g/mol. The Kier molecular flexibility index (Phi) is 5.36. The molecular formula is C16H15ClFNO8S. The van der Waals surface area contributed by atoms with Gasteiger partial charge in [-0.25, -0.2) is 4.98 Å². The van der Waals surface area contributed by atoms with Crippen LogP contribution >= 0.6 is 11.6 Å². The minimum absolute atomic E-state index is 0.0663. The van der Waals surface area contributed by atoms with E-state index in [-0.39, 0.29) is 5.75 Å². The molecule has 12 heteroatoms. The summed E-state index contributed by atoms with van der Waals surface area (Å²) >= 11 is 5.87. The number of hydrogen-bond acceptors (Lipinski definition) is 8. The Bertz CT molecular complexity index is 943. The van der Waals surface area contributed by atoms with Crippen molar-refractivity contribution < 1.29 is 42.2 Å². The maximum atomic E-state index is 13.2. The molecule has 1 saturated heterocycles. The van der Waals surface area contributed by atoms with Gasteiger partial charge in [0.05, 0.1) is 0 Å². The van der Waals surface area contributed by atoms with Crippen molar-refractivity contribution >= 4 is 21.7 Å². The van der Waals surface area contributed by atoms with Crippen molar-refractivity contribution in [2.45, 2.75) is 28.5 Å². The number of nitrogens with zero attached hydrogens (tertiary/aromatic N) is 1. The molecule has 0 saturated carbocycles. The number of alkyl halides is 1. The number of pyridine rings is 1. The molecule has 0 amide bonds. The summed E-state index contributed by atoms with van der Waals surface area (Å²) < 4.78 is 58.0. The normalized spacial score (nSPS) is 33.4. The van der Waals surface area contributed by atoms with Gasteiger partial charge in [0.15, 0.2) is 0 Å². The Morgan fingerprint density at radius 3 is 2.32 bits per heavy atom. The van der Waals surface area contributed by atoms with Crippen molar-refractivity contribution in [2.24, 2.45) is 0 Å². The summed E-state index contributed by atoms with van der Waals surface area (Å²) in [5, 5.41) is 28.3. The van der Waals surface area contributed by atoms with E-state index in [9.17, 15) is 32.7 Å². The van der Waals surface area contributed by atoms with Gasteiger partial charge in [0, 0.05) is 11.8 Å². The molecule has 1 aliphatic rings. The zero-order valence-corrected chi connectivity index (χ0v) is 15.5. The Hall–Kier alpha value is -1.86. The lowest BCUT2D eigenvalue weighted by Crippen LogP contribution is -2.70. The minimum Gasteiger partial charge on any atom is -0.460 e. The lowest BCUT2D eigenvalue weighted by Gasteiger charge is -2.49. The number of aliphatic hydroxyl groups is 3. The molecule has 152 valence electrons. The van der Waals surface area contributed by atoms with Crippen LogP contribution in [0, 0.1) is 5.95 Å². The molecule has 28 heavy (non-hydrogen) atoms. The minimum atomic E-state index is -5.36. The van der Waals surface area contributed by atoms with Crippen LogP contribution in [0.5, 0.6) is 5.75 Å². The monoisotopic (exact) mass is 435 g/mol. The van der Waals surface area contributed by atoms with Crippen LogP contribution in [-0.2, 0) is 19.8 Å². The van der Waals surface area contributed by atoms with Crippen molar-refractivity contribution in [3.8, 4) is 5.75 Å². The molecule has 1 aromatic heterocycles. The van der Waals surface area contributed by atoms with E-state index in [0.717, 1.165) is 12.1 Å². The van der Waals surface area contributed by atoms with Crippen LogP contribution < -0.4 is 4.74 Å². The zero-order valence-electron chi connectivity index (χ0n) is 13.9. The van der Waals surface area contributed by atoms with Crippen LogP contribution in [0.2, 0.25) is 0 Å². The molecular weight excluding hydrogens is 421 g/mol. The molecule has 0 aliphatic carbocycles. The first-order chi connectivity index (χ1) is 13.0. The van der Waals surface area contributed by atoms with Crippen molar-refractivity contribution in [3.63, 3.8) is 0 Å². The molecule has 1 unspecified atom stereocenters. The largest absolute Gasteiger partial charge is 0.460 e. The number of hydrogen-bond donors (Lipinski definition) is 4. The molecule has 2 aromatic rings. The SMILES string of the molecule is O=S(=O)(O)C1(c2ccc(F)nc2)O[C@@H](Oc2ccccc2)[C@@](O)(Cl)[C@@H](O)[C@@H]1O. The molecule has 0 radical (unpaired) electrons. The predicted octanol–water partition coefficient (Wildman–Crippen LogP) is 0.346. The van der Waals surface area contributed by atoms with Gasteiger partial charge in [-0.3, -0.25) is 4.55 Å². The van der Waals surface area contributed by atoms with Gasteiger partial charge >= 0.3 is 10.1 Å². The lowest BCUT2D eigenvalue weighted by atomic mass is 9.93. The van der Waals surface area contributed by atoms with E-state index in [2.05, 4.69) is 4.98 Å². The van der Waals surface area contributed by atoms with Crippen molar-refractivity contribution in [2.75, 3.05) is 0 Å². The number of ether oxygens (including phenoxy) is 2. The molecule has 0 spiro atoms. The number of rotatable bonds is 4. The molecule has 0 bridgehead atoms. The fourth-order valence-electron chi connectivity index (χ4n) is 2.79. The highest BCUT2D eigenvalue weighted by Crippen LogP contribution is 2.47. The Morgan fingerprint density at radius 1 is 1.14 bits per heavy atom. The van der Waals surface area contributed by atoms with Crippen LogP contribution in [0.1, 0.15) is 5.56 Å². The van der Waals surface area contributed by atoms with Gasteiger partial charge in [-0.15, -0.1) is 0 Å². The van der Waals surface area contributed by atoms with Crippen LogP contribution in [0.3, 0.4) is 0 Å². The summed E-state index contributed by atoms with van der Waals surface area (Å²) in [5.74, 6) is -0.914. The van der Waals surface area contributed by atoms with Crippen LogP contribution in [0.4, 0.5) is 4.39 Å². The van der Waals surface area contributed by atoms with E-state index < -0.39 is 50.1 Å². The van der Waals surface area contributed by atoms with Crippen LogP contribution in [0.25, 0.3) is 0 Å². The average Bonchev–Trinajstić information content (AvgIpc) is 2.63. The van der Waals surface area contributed by atoms with Gasteiger partial charge < -0.3 is 24.8 Å². The number of para-hydroxylation sites is 1. The number of benzene rings is 1. The topological polar surface area (TPSA) is 146 Å². The number of halogens is 2. The van der Waals surface area contributed by atoms with E-state index in [4.69, 9.17) is 21.1 Å². The number of aliphatic hydroxyl groups excluding tert-OH is 2. The van der Waals surface area contributed by atoms with Gasteiger partial charge in [0.25, 0.3) is 4.93 Å². The maximum Gasteiger partial charge on any atom is 0.302 e. The highest BCUT2D eigenvalue weighted by atomic mass is 35.5. The number of aromatic nitrogens is 1. The second-order valence-electron chi connectivity index (χ2n) is 6.01. The molecule has 1 aliphatic heterocycles. The molecule has 1 aromatic carbocycles. The smallest absolute Gasteiger partial charge is 0.302 e. The van der Waals surface area contributed by atoms with Crippen molar-refractivity contribution in [1.82, 2.24) is 4.98 Å². The summed E-state index contributed by atoms with van der Waals surface area (Å²) in [6.07, 6.45) is -6.27. The molecule has 4 N–H and O–H groups in total. The van der Waals surface area contributed by atoms with E-state index >= 15 is 0 Å². The first-order valence-corrected chi connectivity index (χ1v) is 9.58. The van der Waals surface area contributed by atoms with E-state index in [1.807, 2.05) is 0 Å². The second kappa shape index (κ2) is 7.19. The van der Waals surface area contributed by atoms with E-state index in [1.54, 1.807) is 18.2 Å². The molecule has 2 heterocycles. The van der Waals surface area contributed by atoms with Gasteiger partial charge in [-0.2, -0.15) is 12.8 Å². The highest BCUT2D eigenvalue weighted by Gasteiger charge is 2.68. The highest BCUT2D eigenvalue weighted by molar-refractivity contribution is 7.86. The third kappa shape index (κ3) is 3.35. The third-order valence-corrected chi connectivity index (χ3v) is 5.96.